The Morgan fingerprint density at radius 2 is 1.19 bits per heavy atom. The summed E-state index contributed by atoms with van der Waals surface area (Å²) in [6.07, 6.45) is 2.13. The summed E-state index contributed by atoms with van der Waals surface area (Å²) in [6.45, 7) is 24.4. The Hall–Kier alpha value is 0.804. The molecule has 0 aliphatic heterocycles. The van der Waals surface area contributed by atoms with Crippen molar-refractivity contribution in [3.8, 4) is 0 Å². The van der Waals surface area contributed by atoms with E-state index < -0.39 is 48.4 Å². The van der Waals surface area contributed by atoms with Crippen molar-refractivity contribution in [1.29, 1.82) is 0 Å². The molecule has 0 bridgehead atoms. The molecule has 0 rings (SSSR count). The van der Waals surface area contributed by atoms with Crippen molar-refractivity contribution in [3.05, 3.63) is 0 Å². The molecule has 0 radical (unpaired) electrons. The molecular formula is C20H52O7Si5. The molecule has 32 heavy (non-hydrogen) atoms. The summed E-state index contributed by atoms with van der Waals surface area (Å²) >= 11 is 0. The molecular weight excluding hydrogens is 493 g/mol. The van der Waals surface area contributed by atoms with E-state index in [4.69, 9.17) is 26.3 Å². The van der Waals surface area contributed by atoms with Gasteiger partial charge in [0.15, 0.2) is 16.6 Å². The number of aliphatic hydroxyl groups is 2. The molecule has 0 spiro atoms. The molecule has 0 fully saturated rings. The fourth-order valence-corrected chi connectivity index (χ4v) is 27.8. The van der Waals surface area contributed by atoms with E-state index in [1.54, 1.807) is 0 Å². The normalized spacial score (nSPS) is 18.3. The second-order valence-corrected chi connectivity index (χ2v) is 31.5. The highest BCUT2D eigenvalue weighted by molar-refractivity contribution is 6.90. The minimum atomic E-state index is -2.53. The van der Waals surface area contributed by atoms with E-state index in [0.29, 0.717) is 6.61 Å². The molecule has 7 nitrogen and oxygen atoms in total. The van der Waals surface area contributed by atoms with Gasteiger partial charge in [0, 0.05) is 6.61 Å². The molecule has 0 amide bonds. The van der Waals surface area contributed by atoms with E-state index in [1.807, 2.05) is 0 Å². The third-order valence-electron chi connectivity index (χ3n) is 4.39. The van der Waals surface area contributed by atoms with Crippen molar-refractivity contribution in [1.82, 2.24) is 0 Å². The van der Waals surface area contributed by atoms with Crippen LogP contribution in [0.2, 0.25) is 77.6 Å². The Bertz CT molecular complexity index is 527. The highest BCUT2D eigenvalue weighted by Gasteiger charge is 2.48. The first-order valence-electron chi connectivity index (χ1n) is 12.0. The van der Waals surface area contributed by atoms with Gasteiger partial charge in [0.25, 0.3) is 0 Å². The fourth-order valence-electron chi connectivity index (χ4n) is 3.89. The van der Waals surface area contributed by atoms with E-state index in [9.17, 15) is 5.11 Å². The molecule has 0 aliphatic carbocycles. The number of hydrogen-bond acceptors (Lipinski definition) is 7. The number of hydrogen-bond donors (Lipinski definition) is 2. The average molecular weight is 545 g/mol. The van der Waals surface area contributed by atoms with Gasteiger partial charge in [-0.3, -0.25) is 0 Å². The maximum absolute atomic E-state index is 9.47. The van der Waals surface area contributed by atoms with Gasteiger partial charge in [-0.2, -0.15) is 0 Å². The number of unbranched alkanes of at least 4 members (excludes halogenated alkanes) is 1. The van der Waals surface area contributed by atoms with Crippen molar-refractivity contribution < 1.29 is 31.4 Å². The molecule has 3 unspecified atom stereocenters. The first kappa shape index (κ1) is 32.8. The predicted octanol–water partition coefficient (Wildman–Crippen LogP) is 5.13. The lowest BCUT2D eigenvalue weighted by molar-refractivity contribution is 0.00623. The van der Waals surface area contributed by atoms with E-state index in [2.05, 4.69) is 72.4 Å². The molecule has 194 valence electrons. The summed E-state index contributed by atoms with van der Waals surface area (Å²) in [5.41, 5.74) is 0. The van der Waals surface area contributed by atoms with Gasteiger partial charge in [-0.15, -0.1) is 0 Å². The lowest BCUT2D eigenvalue weighted by Gasteiger charge is -2.44. The first-order chi connectivity index (χ1) is 14.3. The summed E-state index contributed by atoms with van der Waals surface area (Å²) in [6, 6.07) is 1.74. The molecule has 0 heterocycles. The van der Waals surface area contributed by atoms with Crippen molar-refractivity contribution in [2.75, 3.05) is 19.8 Å². The summed E-state index contributed by atoms with van der Waals surface area (Å²) in [5.74, 6) is 0. The van der Waals surface area contributed by atoms with Gasteiger partial charge in [0.2, 0.25) is 0 Å². The zero-order chi connectivity index (χ0) is 25.3. The quantitative estimate of drug-likeness (QED) is 0.183. The average Bonchev–Trinajstić information content (AvgIpc) is 2.54. The highest BCUT2D eigenvalue weighted by Crippen LogP contribution is 2.32. The minimum Gasteiger partial charge on any atom is -0.437 e. The molecule has 0 aromatic heterocycles. The SMILES string of the molecule is CCCC[Si](C)(O[Si](C)(C)O[Si](C)(C)C)O[Si](C)(CCCOCC(O)CO)O[Si](C)(C)C. The molecule has 0 aromatic carbocycles. The maximum Gasteiger partial charge on any atom is 0.317 e. The topological polar surface area (TPSA) is 86.6 Å². The zero-order valence-corrected chi connectivity index (χ0v) is 27.7. The Kier molecular flexibility index (Phi) is 14.1. The van der Waals surface area contributed by atoms with Crippen molar-refractivity contribution >= 4 is 42.3 Å². The third-order valence-corrected chi connectivity index (χ3v) is 22.7. The first-order valence-corrected chi connectivity index (χ1v) is 26.7. The Labute approximate surface area is 203 Å². The monoisotopic (exact) mass is 544 g/mol. The van der Waals surface area contributed by atoms with Crippen molar-refractivity contribution in [2.45, 2.75) is 110 Å². The van der Waals surface area contributed by atoms with E-state index >= 15 is 0 Å². The van der Waals surface area contributed by atoms with Crippen LogP contribution in [0, 0.1) is 0 Å². The van der Waals surface area contributed by atoms with Crippen molar-refractivity contribution in [3.63, 3.8) is 0 Å². The zero-order valence-electron chi connectivity index (χ0n) is 22.7. The largest absolute Gasteiger partial charge is 0.437 e. The van der Waals surface area contributed by atoms with E-state index in [1.165, 1.54) is 0 Å². The second kappa shape index (κ2) is 13.8. The van der Waals surface area contributed by atoms with Gasteiger partial charge in [-0.1, -0.05) is 19.8 Å². The van der Waals surface area contributed by atoms with Crippen molar-refractivity contribution in [2.24, 2.45) is 0 Å². The Balaban J connectivity index is 5.47. The summed E-state index contributed by atoms with van der Waals surface area (Å²) in [5, 5.41) is 18.4. The van der Waals surface area contributed by atoms with Gasteiger partial charge in [0.05, 0.1) is 13.2 Å². The number of rotatable bonds is 18. The molecule has 12 heteroatoms. The van der Waals surface area contributed by atoms with Crippen LogP contribution in [-0.4, -0.2) is 78.5 Å². The van der Waals surface area contributed by atoms with Gasteiger partial charge in [-0.25, -0.2) is 0 Å². The van der Waals surface area contributed by atoms with Gasteiger partial charge in [0.1, 0.15) is 6.10 Å². The van der Waals surface area contributed by atoms with Crippen LogP contribution in [0.4, 0.5) is 0 Å². The van der Waals surface area contributed by atoms with Crippen LogP contribution >= 0.6 is 0 Å². The molecule has 0 aromatic rings. The fraction of sp³-hybridized carbons (Fsp3) is 1.00. The lowest BCUT2D eigenvalue weighted by atomic mass is 10.4. The summed E-state index contributed by atoms with van der Waals surface area (Å²) in [7, 11) is -11.0. The molecule has 0 saturated heterocycles. The molecule has 0 aliphatic rings. The number of ether oxygens (including phenoxy) is 1. The van der Waals surface area contributed by atoms with Gasteiger partial charge < -0.3 is 31.4 Å². The summed E-state index contributed by atoms with van der Waals surface area (Å²) < 4.78 is 32.6. The Morgan fingerprint density at radius 3 is 1.66 bits per heavy atom. The van der Waals surface area contributed by atoms with Crippen LogP contribution in [-0.2, 0) is 21.2 Å². The highest BCUT2D eigenvalue weighted by atomic mass is 28.5. The molecule has 3 atom stereocenters. The van der Waals surface area contributed by atoms with E-state index in [-0.39, 0.29) is 13.2 Å². The van der Waals surface area contributed by atoms with Gasteiger partial charge >= 0.3 is 25.7 Å². The van der Waals surface area contributed by atoms with Crippen LogP contribution in [0.5, 0.6) is 0 Å². The van der Waals surface area contributed by atoms with Crippen LogP contribution in [0.1, 0.15) is 26.2 Å². The standard InChI is InChI=1S/C20H52O7Si5/c1-12-13-16-32(11,26-30(8,9)24-28(2,3)4)27-31(10,25-29(5,6)7)17-14-15-23-19-20(22)18-21/h20-22H,12-19H2,1-11H3. The predicted molar refractivity (Wildman–Crippen MR) is 145 cm³/mol. The Morgan fingerprint density at radius 1 is 0.688 bits per heavy atom. The molecule has 2 N–H and O–H groups in total. The summed E-state index contributed by atoms with van der Waals surface area (Å²) in [4.78, 5) is 0. The molecule has 0 saturated carbocycles. The minimum absolute atomic E-state index is 0.143. The third kappa shape index (κ3) is 16.4. The smallest absolute Gasteiger partial charge is 0.317 e. The number of aliphatic hydroxyl groups excluding tert-OH is 2. The van der Waals surface area contributed by atoms with Crippen LogP contribution in [0.3, 0.4) is 0 Å². The van der Waals surface area contributed by atoms with E-state index in [0.717, 1.165) is 31.4 Å². The lowest BCUT2D eigenvalue weighted by Crippen LogP contribution is -2.60. The van der Waals surface area contributed by atoms with Crippen LogP contribution in [0.15, 0.2) is 0 Å². The maximum atomic E-state index is 9.47. The van der Waals surface area contributed by atoms with Gasteiger partial charge in [-0.05, 0) is 84.0 Å². The second-order valence-electron chi connectivity index (χ2n) is 11.4. The van der Waals surface area contributed by atoms with Crippen LogP contribution < -0.4 is 0 Å². The van der Waals surface area contributed by atoms with Crippen LogP contribution in [0.25, 0.3) is 0 Å².